The standard InChI is InChI=1S/C15H18N4O2/c1-4-8-16-15-17-9-13(19(20)21)14(18-15)12-7-5-6-10(2)11(12)3/h5-7,9H,4,8H2,1-3H3,(H,16,17,18). The lowest BCUT2D eigenvalue weighted by molar-refractivity contribution is -0.384. The number of benzene rings is 1. The summed E-state index contributed by atoms with van der Waals surface area (Å²) >= 11 is 0. The van der Waals surface area contributed by atoms with Gasteiger partial charge >= 0.3 is 5.69 Å². The number of nitrogens with one attached hydrogen (secondary N) is 1. The monoisotopic (exact) mass is 286 g/mol. The maximum atomic E-state index is 11.2. The number of hydrogen-bond acceptors (Lipinski definition) is 5. The number of aromatic nitrogens is 2. The highest BCUT2D eigenvalue weighted by molar-refractivity contribution is 5.73. The summed E-state index contributed by atoms with van der Waals surface area (Å²) in [6.45, 7) is 6.67. The molecule has 2 rings (SSSR count). The van der Waals surface area contributed by atoms with E-state index in [9.17, 15) is 10.1 Å². The maximum absolute atomic E-state index is 11.2. The van der Waals surface area contributed by atoms with E-state index >= 15 is 0 Å². The zero-order valence-corrected chi connectivity index (χ0v) is 12.4. The molecular weight excluding hydrogens is 268 g/mol. The highest BCUT2D eigenvalue weighted by atomic mass is 16.6. The third kappa shape index (κ3) is 3.16. The molecule has 6 nitrogen and oxygen atoms in total. The van der Waals surface area contributed by atoms with Gasteiger partial charge in [-0.3, -0.25) is 10.1 Å². The Morgan fingerprint density at radius 1 is 1.33 bits per heavy atom. The van der Waals surface area contributed by atoms with Crippen molar-refractivity contribution >= 4 is 11.6 Å². The zero-order valence-electron chi connectivity index (χ0n) is 12.4. The zero-order chi connectivity index (χ0) is 15.4. The predicted molar refractivity (Wildman–Crippen MR) is 82.4 cm³/mol. The van der Waals surface area contributed by atoms with Crippen LogP contribution in [0.4, 0.5) is 11.6 Å². The SMILES string of the molecule is CCCNc1ncc([N+](=O)[O-])c(-c2cccc(C)c2C)n1. The Bertz CT molecular complexity index is 671. The van der Waals surface area contributed by atoms with Gasteiger partial charge in [-0.15, -0.1) is 0 Å². The van der Waals surface area contributed by atoms with E-state index in [2.05, 4.69) is 15.3 Å². The molecule has 110 valence electrons. The molecule has 0 radical (unpaired) electrons. The van der Waals surface area contributed by atoms with Crippen LogP contribution in [0.3, 0.4) is 0 Å². The Morgan fingerprint density at radius 2 is 2.10 bits per heavy atom. The van der Waals surface area contributed by atoms with Gasteiger partial charge in [-0.05, 0) is 31.4 Å². The highest BCUT2D eigenvalue weighted by Gasteiger charge is 2.20. The average molecular weight is 286 g/mol. The summed E-state index contributed by atoms with van der Waals surface area (Å²) in [6, 6.07) is 5.70. The van der Waals surface area contributed by atoms with Crippen LogP contribution in [0.5, 0.6) is 0 Å². The molecule has 0 aliphatic carbocycles. The molecule has 0 amide bonds. The van der Waals surface area contributed by atoms with Crippen LogP contribution in [0.15, 0.2) is 24.4 Å². The molecule has 1 aromatic heterocycles. The fraction of sp³-hybridized carbons (Fsp3) is 0.333. The van der Waals surface area contributed by atoms with Gasteiger partial charge in [0, 0.05) is 12.1 Å². The Hall–Kier alpha value is -2.50. The molecule has 0 saturated heterocycles. The molecule has 21 heavy (non-hydrogen) atoms. The molecule has 0 atom stereocenters. The topological polar surface area (TPSA) is 81.0 Å². The van der Waals surface area contributed by atoms with Gasteiger partial charge in [-0.2, -0.15) is 0 Å². The molecule has 6 heteroatoms. The number of nitro groups is 1. The van der Waals surface area contributed by atoms with Crippen LogP contribution < -0.4 is 5.32 Å². The molecule has 0 spiro atoms. The van der Waals surface area contributed by atoms with Crippen molar-refractivity contribution in [2.75, 3.05) is 11.9 Å². The van der Waals surface area contributed by atoms with Gasteiger partial charge in [0.1, 0.15) is 6.20 Å². The fourth-order valence-electron chi connectivity index (χ4n) is 2.04. The van der Waals surface area contributed by atoms with E-state index in [4.69, 9.17) is 0 Å². The van der Waals surface area contributed by atoms with Crippen LogP contribution in [0, 0.1) is 24.0 Å². The Kier molecular flexibility index (Phi) is 4.47. The molecular formula is C15H18N4O2. The van der Waals surface area contributed by atoms with Crippen LogP contribution in [0.2, 0.25) is 0 Å². The van der Waals surface area contributed by atoms with Crippen molar-refractivity contribution in [3.05, 3.63) is 45.6 Å². The number of hydrogen-bond donors (Lipinski definition) is 1. The second kappa shape index (κ2) is 6.30. The summed E-state index contributed by atoms with van der Waals surface area (Å²) in [5.74, 6) is 0.415. The maximum Gasteiger partial charge on any atom is 0.313 e. The molecule has 0 bridgehead atoms. The second-order valence-corrected chi connectivity index (χ2v) is 4.86. The van der Waals surface area contributed by atoms with Gasteiger partial charge in [-0.25, -0.2) is 9.97 Å². The van der Waals surface area contributed by atoms with Gasteiger partial charge in [0.05, 0.1) is 4.92 Å². The van der Waals surface area contributed by atoms with Crippen molar-refractivity contribution in [2.45, 2.75) is 27.2 Å². The average Bonchev–Trinajstić information content (AvgIpc) is 2.47. The lowest BCUT2D eigenvalue weighted by Gasteiger charge is -2.10. The largest absolute Gasteiger partial charge is 0.354 e. The van der Waals surface area contributed by atoms with Gasteiger partial charge < -0.3 is 5.32 Å². The van der Waals surface area contributed by atoms with Crippen molar-refractivity contribution in [1.82, 2.24) is 9.97 Å². The molecule has 0 saturated carbocycles. The highest BCUT2D eigenvalue weighted by Crippen LogP contribution is 2.31. The van der Waals surface area contributed by atoms with Crippen LogP contribution >= 0.6 is 0 Å². The van der Waals surface area contributed by atoms with E-state index in [1.807, 2.05) is 39.0 Å². The van der Waals surface area contributed by atoms with Gasteiger partial charge in [-0.1, -0.05) is 25.1 Å². The number of nitrogens with zero attached hydrogens (tertiary/aromatic N) is 3. The van der Waals surface area contributed by atoms with Crippen molar-refractivity contribution in [3.8, 4) is 11.3 Å². The van der Waals surface area contributed by atoms with Gasteiger partial charge in [0.2, 0.25) is 5.95 Å². The normalized spacial score (nSPS) is 10.4. The number of rotatable bonds is 5. The first-order valence-electron chi connectivity index (χ1n) is 6.86. The van der Waals surface area contributed by atoms with Crippen molar-refractivity contribution in [3.63, 3.8) is 0 Å². The summed E-state index contributed by atoms with van der Waals surface area (Å²) < 4.78 is 0. The van der Waals surface area contributed by atoms with E-state index in [0.717, 1.165) is 29.7 Å². The second-order valence-electron chi connectivity index (χ2n) is 4.86. The molecule has 1 heterocycles. The van der Waals surface area contributed by atoms with Crippen LogP contribution in [0.1, 0.15) is 24.5 Å². The molecule has 0 unspecified atom stereocenters. The third-order valence-corrected chi connectivity index (χ3v) is 3.36. The fourth-order valence-corrected chi connectivity index (χ4v) is 2.04. The van der Waals surface area contributed by atoms with Crippen LogP contribution in [0.25, 0.3) is 11.3 Å². The summed E-state index contributed by atoms with van der Waals surface area (Å²) in [5, 5.41) is 14.3. The molecule has 0 aliphatic rings. The first-order valence-corrected chi connectivity index (χ1v) is 6.86. The van der Waals surface area contributed by atoms with Gasteiger partial charge in [0.25, 0.3) is 0 Å². The number of aryl methyl sites for hydroxylation is 1. The van der Waals surface area contributed by atoms with E-state index in [1.54, 1.807) is 0 Å². The molecule has 1 N–H and O–H groups in total. The minimum Gasteiger partial charge on any atom is -0.354 e. The molecule has 2 aromatic rings. The summed E-state index contributed by atoms with van der Waals surface area (Å²) in [4.78, 5) is 19.1. The van der Waals surface area contributed by atoms with E-state index in [0.29, 0.717) is 11.6 Å². The lowest BCUT2D eigenvalue weighted by Crippen LogP contribution is -2.07. The minimum atomic E-state index is -0.444. The number of anilines is 1. The predicted octanol–water partition coefficient (Wildman–Crippen LogP) is 3.49. The summed E-state index contributed by atoms with van der Waals surface area (Å²) in [7, 11) is 0. The molecule has 1 aromatic carbocycles. The van der Waals surface area contributed by atoms with E-state index in [-0.39, 0.29) is 5.69 Å². The quantitative estimate of drug-likeness (QED) is 0.672. The van der Waals surface area contributed by atoms with E-state index in [1.165, 1.54) is 6.20 Å². The minimum absolute atomic E-state index is 0.0780. The van der Waals surface area contributed by atoms with Crippen molar-refractivity contribution < 1.29 is 4.92 Å². The lowest BCUT2D eigenvalue weighted by atomic mass is 10.00. The first-order chi connectivity index (χ1) is 10.0. The Balaban J connectivity index is 2.57. The third-order valence-electron chi connectivity index (χ3n) is 3.36. The Morgan fingerprint density at radius 3 is 2.76 bits per heavy atom. The molecule has 0 fully saturated rings. The smallest absolute Gasteiger partial charge is 0.313 e. The van der Waals surface area contributed by atoms with Gasteiger partial charge in [0.15, 0.2) is 5.69 Å². The van der Waals surface area contributed by atoms with E-state index < -0.39 is 4.92 Å². The van der Waals surface area contributed by atoms with Crippen molar-refractivity contribution in [1.29, 1.82) is 0 Å². The summed E-state index contributed by atoms with van der Waals surface area (Å²) in [6.07, 6.45) is 2.20. The van der Waals surface area contributed by atoms with Crippen LogP contribution in [-0.4, -0.2) is 21.4 Å². The Labute approximate surface area is 123 Å². The van der Waals surface area contributed by atoms with Crippen molar-refractivity contribution in [2.24, 2.45) is 0 Å². The first kappa shape index (κ1) is 14.9. The molecule has 0 aliphatic heterocycles. The van der Waals surface area contributed by atoms with Crippen LogP contribution in [-0.2, 0) is 0 Å². The summed E-state index contributed by atoms with van der Waals surface area (Å²) in [5.41, 5.74) is 3.11.